The lowest BCUT2D eigenvalue weighted by Gasteiger charge is -1.98. The van der Waals surface area contributed by atoms with Crippen molar-refractivity contribution in [1.82, 2.24) is 0 Å². The van der Waals surface area contributed by atoms with Crippen LogP contribution in [0.5, 0.6) is 5.75 Å². The summed E-state index contributed by atoms with van der Waals surface area (Å²) in [5, 5.41) is 10.4. The van der Waals surface area contributed by atoms with Crippen LogP contribution in [-0.2, 0) is 4.79 Å². The second-order valence-electron chi connectivity index (χ2n) is 2.80. The van der Waals surface area contributed by atoms with Crippen molar-refractivity contribution in [2.45, 2.75) is 13.3 Å². The molecule has 82 valence electrons. The SMILES string of the molecule is CCC#CC(=O)Oc1ccc([N+](=O)[O-])cc1. The summed E-state index contributed by atoms with van der Waals surface area (Å²) in [7, 11) is 0. The molecule has 5 nitrogen and oxygen atoms in total. The van der Waals surface area contributed by atoms with Crippen molar-refractivity contribution in [3.05, 3.63) is 34.4 Å². The van der Waals surface area contributed by atoms with Gasteiger partial charge in [-0.2, -0.15) is 0 Å². The van der Waals surface area contributed by atoms with Crippen molar-refractivity contribution >= 4 is 11.7 Å². The van der Waals surface area contributed by atoms with Gasteiger partial charge >= 0.3 is 5.97 Å². The van der Waals surface area contributed by atoms with Gasteiger partial charge in [0.1, 0.15) is 5.75 Å². The predicted molar refractivity (Wildman–Crippen MR) is 56.8 cm³/mol. The molecule has 0 atom stereocenters. The zero-order valence-electron chi connectivity index (χ0n) is 8.60. The van der Waals surface area contributed by atoms with E-state index in [9.17, 15) is 14.9 Å². The van der Waals surface area contributed by atoms with E-state index in [2.05, 4.69) is 11.8 Å². The third-order valence-electron chi connectivity index (χ3n) is 1.63. The number of nitro benzene ring substituents is 1. The Labute approximate surface area is 92.2 Å². The Balaban J connectivity index is 2.69. The summed E-state index contributed by atoms with van der Waals surface area (Å²) in [5.41, 5.74) is -0.0561. The van der Waals surface area contributed by atoms with E-state index in [1.807, 2.05) is 6.92 Å². The van der Waals surface area contributed by atoms with E-state index in [1.54, 1.807) is 0 Å². The molecule has 0 bridgehead atoms. The van der Waals surface area contributed by atoms with E-state index in [-0.39, 0.29) is 11.4 Å². The first-order valence-electron chi connectivity index (χ1n) is 4.58. The number of nitrogens with zero attached hydrogens (tertiary/aromatic N) is 1. The Morgan fingerprint density at radius 2 is 2.06 bits per heavy atom. The van der Waals surface area contributed by atoms with Gasteiger partial charge in [0.05, 0.1) is 4.92 Å². The largest absolute Gasteiger partial charge is 0.417 e. The molecule has 0 fully saturated rings. The number of ether oxygens (including phenoxy) is 1. The summed E-state index contributed by atoms with van der Waals surface area (Å²) in [4.78, 5) is 20.9. The van der Waals surface area contributed by atoms with Crippen LogP contribution in [0.3, 0.4) is 0 Å². The third kappa shape index (κ3) is 3.42. The molecule has 0 aromatic heterocycles. The molecule has 1 rings (SSSR count). The number of nitro groups is 1. The van der Waals surface area contributed by atoms with Crippen molar-refractivity contribution in [3.63, 3.8) is 0 Å². The molecule has 1 aromatic carbocycles. The molecule has 0 saturated carbocycles. The van der Waals surface area contributed by atoms with Crippen LogP contribution in [0, 0.1) is 22.0 Å². The topological polar surface area (TPSA) is 69.4 Å². The first-order chi connectivity index (χ1) is 7.63. The standard InChI is InChI=1S/C11H9NO4/c1-2-3-4-11(13)16-10-7-5-9(6-8-10)12(14)15/h5-8H,2H2,1H3. The highest BCUT2D eigenvalue weighted by Gasteiger charge is 2.06. The highest BCUT2D eigenvalue weighted by atomic mass is 16.6. The molecule has 0 aliphatic heterocycles. The first kappa shape index (κ1) is 11.7. The van der Waals surface area contributed by atoms with Crippen LogP contribution in [0.1, 0.15) is 13.3 Å². The number of carbonyl (C=O) groups is 1. The van der Waals surface area contributed by atoms with Crippen LogP contribution >= 0.6 is 0 Å². The van der Waals surface area contributed by atoms with Crippen molar-refractivity contribution in [1.29, 1.82) is 0 Å². The highest BCUT2D eigenvalue weighted by Crippen LogP contribution is 2.17. The smallest absolute Gasteiger partial charge is 0.389 e. The summed E-state index contributed by atoms with van der Waals surface area (Å²) >= 11 is 0. The quantitative estimate of drug-likeness (QED) is 0.190. The number of non-ortho nitro benzene ring substituents is 1. The summed E-state index contributed by atoms with van der Waals surface area (Å²) in [6.45, 7) is 1.81. The molecule has 0 aliphatic carbocycles. The average molecular weight is 219 g/mol. The fraction of sp³-hybridized carbons (Fsp3) is 0.182. The minimum atomic E-state index is -0.671. The molecular formula is C11H9NO4. The van der Waals surface area contributed by atoms with Gasteiger partial charge in [-0.3, -0.25) is 10.1 Å². The highest BCUT2D eigenvalue weighted by molar-refractivity contribution is 5.90. The second-order valence-corrected chi connectivity index (χ2v) is 2.80. The molecule has 0 amide bonds. The van der Waals surface area contributed by atoms with Gasteiger partial charge in [-0.05, 0) is 12.1 Å². The number of esters is 1. The molecule has 0 saturated heterocycles. The molecule has 1 aromatic rings. The van der Waals surface area contributed by atoms with Crippen LogP contribution in [0.15, 0.2) is 24.3 Å². The Kier molecular flexibility index (Phi) is 4.04. The Bertz CT molecular complexity index is 453. The molecule has 0 heterocycles. The van der Waals surface area contributed by atoms with Gasteiger partial charge in [0, 0.05) is 24.5 Å². The lowest BCUT2D eigenvalue weighted by molar-refractivity contribution is -0.384. The minimum absolute atomic E-state index is 0.0561. The number of carbonyl (C=O) groups excluding carboxylic acids is 1. The molecule has 0 N–H and O–H groups in total. The fourth-order valence-corrected chi connectivity index (χ4v) is 0.929. The Morgan fingerprint density at radius 1 is 1.44 bits per heavy atom. The van der Waals surface area contributed by atoms with Crippen molar-refractivity contribution in [3.8, 4) is 17.6 Å². The Morgan fingerprint density at radius 3 is 2.56 bits per heavy atom. The van der Waals surface area contributed by atoms with E-state index in [0.29, 0.717) is 6.42 Å². The summed E-state index contributed by atoms with van der Waals surface area (Å²) in [6, 6.07) is 5.22. The summed E-state index contributed by atoms with van der Waals surface area (Å²) in [5.74, 6) is 4.40. The van der Waals surface area contributed by atoms with Gasteiger partial charge in [-0.1, -0.05) is 12.8 Å². The molecule has 0 unspecified atom stereocenters. The number of hydrogen-bond donors (Lipinski definition) is 0. The van der Waals surface area contributed by atoms with E-state index in [0.717, 1.165) is 0 Å². The lowest BCUT2D eigenvalue weighted by Crippen LogP contribution is -2.04. The van der Waals surface area contributed by atoms with E-state index in [4.69, 9.17) is 4.74 Å². The number of hydrogen-bond acceptors (Lipinski definition) is 4. The maximum atomic E-state index is 11.1. The fourth-order valence-electron chi connectivity index (χ4n) is 0.929. The van der Waals surface area contributed by atoms with E-state index < -0.39 is 10.9 Å². The molecular weight excluding hydrogens is 210 g/mol. The van der Waals surface area contributed by atoms with Crippen LogP contribution in [0.2, 0.25) is 0 Å². The van der Waals surface area contributed by atoms with Crippen molar-refractivity contribution in [2.75, 3.05) is 0 Å². The van der Waals surface area contributed by atoms with Crippen LogP contribution in [0.25, 0.3) is 0 Å². The molecule has 16 heavy (non-hydrogen) atoms. The zero-order valence-corrected chi connectivity index (χ0v) is 8.60. The van der Waals surface area contributed by atoms with Crippen molar-refractivity contribution < 1.29 is 14.5 Å². The monoisotopic (exact) mass is 219 g/mol. The number of rotatable bonds is 2. The third-order valence-corrected chi connectivity index (χ3v) is 1.63. The van der Waals surface area contributed by atoms with Gasteiger partial charge in [0.2, 0.25) is 0 Å². The Hall–Kier alpha value is -2.35. The van der Waals surface area contributed by atoms with Gasteiger partial charge in [-0.25, -0.2) is 4.79 Å². The van der Waals surface area contributed by atoms with Crippen molar-refractivity contribution in [2.24, 2.45) is 0 Å². The molecule has 0 spiro atoms. The van der Waals surface area contributed by atoms with Crippen LogP contribution in [-0.4, -0.2) is 10.9 Å². The van der Waals surface area contributed by atoms with Gasteiger partial charge in [-0.15, -0.1) is 0 Å². The maximum absolute atomic E-state index is 11.1. The minimum Gasteiger partial charge on any atom is -0.417 e. The van der Waals surface area contributed by atoms with Crippen LogP contribution < -0.4 is 4.74 Å². The van der Waals surface area contributed by atoms with E-state index in [1.165, 1.54) is 24.3 Å². The van der Waals surface area contributed by atoms with Gasteiger partial charge in [0.15, 0.2) is 0 Å². The summed E-state index contributed by atoms with van der Waals surface area (Å²) < 4.78 is 4.82. The zero-order chi connectivity index (χ0) is 12.0. The normalized spacial score (nSPS) is 8.81. The van der Waals surface area contributed by atoms with E-state index >= 15 is 0 Å². The lowest BCUT2D eigenvalue weighted by atomic mass is 10.3. The number of benzene rings is 1. The summed E-state index contributed by atoms with van der Waals surface area (Å²) in [6.07, 6.45) is 0.565. The first-order valence-corrected chi connectivity index (χ1v) is 4.58. The predicted octanol–water partition coefficient (Wildman–Crippen LogP) is 1.91. The maximum Gasteiger partial charge on any atom is 0.389 e. The second kappa shape index (κ2) is 5.51. The van der Waals surface area contributed by atoms with Gasteiger partial charge in [0.25, 0.3) is 5.69 Å². The van der Waals surface area contributed by atoms with Gasteiger partial charge < -0.3 is 4.74 Å². The molecule has 0 radical (unpaired) electrons. The van der Waals surface area contributed by atoms with Crippen LogP contribution in [0.4, 0.5) is 5.69 Å². The molecule has 5 heteroatoms. The molecule has 0 aliphatic rings. The average Bonchev–Trinajstić information content (AvgIpc) is 2.27.